The van der Waals surface area contributed by atoms with Crippen LogP contribution in [-0.4, -0.2) is 7.05 Å². The van der Waals surface area contributed by atoms with Crippen LogP contribution in [0.25, 0.3) is 0 Å². The van der Waals surface area contributed by atoms with Gasteiger partial charge in [-0.15, -0.1) is 0 Å². The van der Waals surface area contributed by atoms with Crippen molar-refractivity contribution in [2.45, 2.75) is 39.2 Å². The van der Waals surface area contributed by atoms with Gasteiger partial charge in [-0.2, -0.15) is 0 Å². The standard InChI is InChI=1S/C19H23NO/c1-14-11-15(13-20-2)7-10-19(14)21-18-9-8-16-5-3-4-6-17(16)12-18/h7-12,20H,3-6,13H2,1-2H3. The normalized spacial score (nSPS) is 13.8. The Balaban J connectivity index is 1.80. The van der Waals surface area contributed by atoms with Gasteiger partial charge in [0, 0.05) is 6.54 Å². The van der Waals surface area contributed by atoms with E-state index >= 15 is 0 Å². The number of nitrogens with one attached hydrogen (secondary N) is 1. The van der Waals surface area contributed by atoms with Crippen LogP contribution < -0.4 is 10.1 Å². The summed E-state index contributed by atoms with van der Waals surface area (Å²) in [6, 6.07) is 12.9. The maximum Gasteiger partial charge on any atom is 0.130 e. The average molecular weight is 281 g/mol. The maximum absolute atomic E-state index is 6.09. The molecule has 1 aliphatic carbocycles. The molecule has 0 amide bonds. The fourth-order valence-electron chi connectivity index (χ4n) is 3.04. The zero-order valence-electron chi connectivity index (χ0n) is 12.9. The van der Waals surface area contributed by atoms with Gasteiger partial charge in [0.2, 0.25) is 0 Å². The first kappa shape index (κ1) is 14.2. The van der Waals surface area contributed by atoms with Gasteiger partial charge in [-0.05, 0) is 80.1 Å². The molecule has 0 fully saturated rings. The van der Waals surface area contributed by atoms with Crippen molar-refractivity contribution >= 4 is 0 Å². The van der Waals surface area contributed by atoms with Crippen LogP contribution in [0.1, 0.15) is 35.1 Å². The number of ether oxygens (including phenoxy) is 1. The predicted octanol–water partition coefficient (Wildman–Crippen LogP) is 4.39. The van der Waals surface area contributed by atoms with Crippen molar-refractivity contribution in [1.29, 1.82) is 0 Å². The number of rotatable bonds is 4. The van der Waals surface area contributed by atoms with Gasteiger partial charge in [0.1, 0.15) is 11.5 Å². The van der Waals surface area contributed by atoms with Crippen molar-refractivity contribution in [3.63, 3.8) is 0 Å². The molecule has 0 unspecified atom stereocenters. The summed E-state index contributed by atoms with van der Waals surface area (Å²) in [7, 11) is 1.97. The molecule has 0 saturated carbocycles. The Kier molecular flexibility index (Phi) is 4.26. The van der Waals surface area contributed by atoms with Gasteiger partial charge in [-0.3, -0.25) is 0 Å². The lowest BCUT2D eigenvalue weighted by atomic mass is 9.92. The molecule has 0 bridgehead atoms. The lowest BCUT2D eigenvalue weighted by Gasteiger charge is -2.17. The third kappa shape index (κ3) is 3.27. The quantitative estimate of drug-likeness (QED) is 0.897. The van der Waals surface area contributed by atoms with E-state index in [0.717, 1.165) is 18.0 Å². The Hall–Kier alpha value is -1.80. The van der Waals surface area contributed by atoms with E-state index in [4.69, 9.17) is 4.74 Å². The minimum absolute atomic E-state index is 0.889. The Labute approximate surface area is 127 Å². The molecule has 0 aliphatic heterocycles. The van der Waals surface area contributed by atoms with E-state index in [2.05, 4.69) is 48.6 Å². The number of hydrogen-bond donors (Lipinski definition) is 1. The summed E-state index contributed by atoms with van der Waals surface area (Å²) in [6.45, 7) is 2.99. The van der Waals surface area contributed by atoms with E-state index in [1.54, 1.807) is 0 Å². The number of benzene rings is 2. The minimum atomic E-state index is 0.889. The van der Waals surface area contributed by atoms with Crippen LogP contribution in [-0.2, 0) is 19.4 Å². The number of hydrogen-bond acceptors (Lipinski definition) is 2. The first-order valence-corrected chi connectivity index (χ1v) is 7.80. The highest BCUT2D eigenvalue weighted by atomic mass is 16.5. The molecular weight excluding hydrogens is 258 g/mol. The summed E-state index contributed by atoms with van der Waals surface area (Å²) in [5.74, 6) is 1.91. The topological polar surface area (TPSA) is 21.3 Å². The highest BCUT2D eigenvalue weighted by molar-refractivity contribution is 5.42. The van der Waals surface area contributed by atoms with Gasteiger partial charge in [0.05, 0.1) is 0 Å². The second kappa shape index (κ2) is 6.31. The van der Waals surface area contributed by atoms with E-state index < -0.39 is 0 Å². The van der Waals surface area contributed by atoms with E-state index in [1.807, 2.05) is 7.05 Å². The van der Waals surface area contributed by atoms with Crippen LogP contribution in [0.5, 0.6) is 11.5 Å². The van der Waals surface area contributed by atoms with Crippen molar-refractivity contribution in [3.05, 3.63) is 58.7 Å². The molecule has 0 heterocycles. The molecule has 0 aromatic heterocycles. The molecule has 21 heavy (non-hydrogen) atoms. The zero-order valence-corrected chi connectivity index (χ0v) is 12.9. The first-order valence-electron chi connectivity index (χ1n) is 7.80. The number of fused-ring (bicyclic) bond motifs is 1. The van der Waals surface area contributed by atoms with Gasteiger partial charge < -0.3 is 10.1 Å². The van der Waals surface area contributed by atoms with Crippen molar-refractivity contribution < 1.29 is 4.74 Å². The van der Waals surface area contributed by atoms with Crippen LogP contribution in [0, 0.1) is 6.92 Å². The van der Waals surface area contributed by atoms with Crippen molar-refractivity contribution in [3.8, 4) is 11.5 Å². The highest BCUT2D eigenvalue weighted by Gasteiger charge is 2.11. The SMILES string of the molecule is CNCc1ccc(Oc2ccc3c(c2)CCCC3)c(C)c1. The fourth-order valence-corrected chi connectivity index (χ4v) is 3.04. The molecule has 2 aromatic rings. The summed E-state index contributed by atoms with van der Waals surface area (Å²) in [5, 5.41) is 3.17. The lowest BCUT2D eigenvalue weighted by Crippen LogP contribution is -2.05. The van der Waals surface area contributed by atoms with Crippen molar-refractivity contribution in [2.24, 2.45) is 0 Å². The first-order chi connectivity index (χ1) is 10.3. The van der Waals surface area contributed by atoms with E-state index in [-0.39, 0.29) is 0 Å². The molecule has 2 aromatic carbocycles. The summed E-state index contributed by atoms with van der Waals surface area (Å²) in [5.41, 5.74) is 5.42. The molecule has 1 aliphatic rings. The molecule has 110 valence electrons. The minimum Gasteiger partial charge on any atom is -0.457 e. The van der Waals surface area contributed by atoms with Crippen molar-refractivity contribution in [2.75, 3.05) is 7.05 Å². The molecule has 2 heteroatoms. The Morgan fingerprint density at radius 1 is 1.00 bits per heavy atom. The van der Waals surface area contributed by atoms with Gasteiger partial charge in [-0.25, -0.2) is 0 Å². The smallest absolute Gasteiger partial charge is 0.130 e. The van der Waals surface area contributed by atoms with E-state index in [0.29, 0.717) is 0 Å². The van der Waals surface area contributed by atoms with E-state index in [9.17, 15) is 0 Å². The zero-order chi connectivity index (χ0) is 14.7. The van der Waals surface area contributed by atoms with Crippen LogP contribution in [0.3, 0.4) is 0 Å². The molecule has 0 radical (unpaired) electrons. The number of aryl methyl sites for hydroxylation is 3. The van der Waals surface area contributed by atoms with Gasteiger partial charge >= 0.3 is 0 Å². The molecule has 1 N–H and O–H groups in total. The van der Waals surface area contributed by atoms with Crippen molar-refractivity contribution in [1.82, 2.24) is 5.32 Å². The molecular formula is C19H23NO. The average Bonchev–Trinajstić information content (AvgIpc) is 2.50. The van der Waals surface area contributed by atoms with E-state index in [1.165, 1.54) is 47.9 Å². The monoisotopic (exact) mass is 281 g/mol. The summed E-state index contributed by atoms with van der Waals surface area (Å²) < 4.78 is 6.09. The molecule has 0 spiro atoms. The fraction of sp³-hybridized carbons (Fsp3) is 0.368. The summed E-state index contributed by atoms with van der Waals surface area (Å²) >= 11 is 0. The second-order valence-electron chi connectivity index (χ2n) is 5.87. The largest absolute Gasteiger partial charge is 0.457 e. The Bertz CT molecular complexity index is 633. The molecule has 3 rings (SSSR count). The summed E-state index contributed by atoms with van der Waals surface area (Å²) in [6.07, 6.45) is 5.02. The van der Waals surface area contributed by atoms with Crippen LogP contribution >= 0.6 is 0 Å². The van der Waals surface area contributed by atoms with Gasteiger partial charge in [0.25, 0.3) is 0 Å². The highest BCUT2D eigenvalue weighted by Crippen LogP contribution is 2.30. The third-order valence-electron chi connectivity index (χ3n) is 4.17. The second-order valence-corrected chi connectivity index (χ2v) is 5.87. The lowest BCUT2D eigenvalue weighted by molar-refractivity contribution is 0.476. The Morgan fingerprint density at radius 2 is 1.81 bits per heavy atom. The van der Waals surface area contributed by atoms with Crippen LogP contribution in [0.2, 0.25) is 0 Å². The van der Waals surface area contributed by atoms with Gasteiger partial charge in [-0.1, -0.05) is 18.2 Å². The molecule has 2 nitrogen and oxygen atoms in total. The predicted molar refractivity (Wildman–Crippen MR) is 87.1 cm³/mol. The van der Waals surface area contributed by atoms with Gasteiger partial charge in [0.15, 0.2) is 0 Å². The van der Waals surface area contributed by atoms with Crippen LogP contribution in [0.4, 0.5) is 0 Å². The third-order valence-corrected chi connectivity index (χ3v) is 4.17. The molecule has 0 atom stereocenters. The Morgan fingerprint density at radius 3 is 2.57 bits per heavy atom. The summed E-state index contributed by atoms with van der Waals surface area (Å²) in [4.78, 5) is 0. The molecule has 0 saturated heterocycles. The maximum atomic E-state index is 6.09. The van der Waals surface area contributed by atoms with Crippen LogP contribution in [0.15, 0.2) is 36.4 Å².